The Balaban J connectivity index is 1.51. The zero-order chi connectivity index (χ0) is 30.7. The van der Waals surface area contributed by atoms with Crippen LogP contribution in [0.25, 0.3) is 16.6 Å². The molecule has 0 saturated carbocycles. The summed E-state index contributed by atoms with van der Waals surface area (Å²) in [5, 5.41) is 17.5. The summed E-state index contributed by atoms with van der Waals surface area (Å²) in [6.45, 7) is 3.47. The van der Waals surface area contributed by atoms with Crippen molar-refractivity contribution < 1.29 is 19.3 Å². The highest BCUT2D eigenvalue weighted by Crippen LogP contribution is 2.28. The number of aromatic nitrogens is 3. The molecule has 0 fully saturated rings. The van der Waals surface area contributed by atoms with E-state index >= 15 is 0 Å². The lowest BCUT2D eigenvalue weighted by atomic mass is 10.0. The Bertz CT molecular complexity index is 1780. The van der Waals surface area contributed by atoms with Gasteiger partial charge in [-0.05, 0) is 55.3 Å². The number of fused-ring (bicyclic) bond motifs is 1. The van der Waals surface area contributed by atoms with E-state index in [1.165, 1.54) is 6.92 Å². The Labute approximate surface area is 255 Å². The summed E-state index contributed by atoms with van der Waals surface area (Å²) in [5.41, 5.74) is 5.51. The van der Waals surface area contributed by atoms with Crippen LogP contribution < -0.4 is 0 Å². The van der Waals surface area contributed by atoms with E-state index < -0.39 is 11.9 Å². The van der Waals surface area contributed by atoms with Gasteiger partial charge in [0.15, 0.2) is 0 Å². The predicted molar refractivity (Wildman–Crippen MR) is 170 cm³/mol. The van der Waals surface area contributed by atoms with Crippen LogP contribution >= 0.6 is 0 Å². The van der Waals surface area contributed by atoms with Crippen molar-refractivity contribution in [3.8, 4) is 5.69 Å². The molecule has 0 aliphatic rings. The number of rotatable bonds is 12. The molecule has 0 N–H and O–H groups in total. The largest absolute Gasteiger partial charge is 0.365 e. The molecule has 0 aliphatic heterocycles. The normalized spacial score (nSPS) is 11.9. The molecule has 5 rings (SSSR count). The highest BCUT2D eigenvalue weighted by molar-refractivity contribution is 6.12. The third-order valence-electron chi connectivity index (χ3n) is 7.04. The topological polar surface area (TPSA) is 108 Å². The molecule has 9 nitrogen and oxygen atoms in total. The van der Waals surface area contributed by atoms with E-state index in [0.717, 1.165) is 53.5 Å². The van der Waals surface area contributed by atoms with Gasteiger partial charge in [0.1, 0.15) is 11.4 Å². The lowest BCUT2D eigenvalue weighted by molar-refractivity contribution is -0.140. The van der Waals surface area contributed by atoms with Gasteiger partial charge in [0.05, 0.1) is 16.8 Å². The fourth-order valence-corrected chi connectivity index (χ4v) is 4.86. The lowest BCUT2D eigenvalue weighted by Gasteiger charge is -2.09. The van der Waals surface area contributed by atoms with Gasteiger partial charge < -0.3 is 14.2 Å². The molecule has 2 aromatic heterocycles. The van der Waals surface area contributed by atoms with Crippen LogP contribution in [0.15, 0.2) is 114 Å². The van der Waals surface area contributed by atoms with Crippen LogP contribution in [-0.4, -0.2) is 38.1 Å². The van der Waals surface area contributed by atoms with Gasteiger partial charge in [-0.15, -0.1) is 5.10 Å². The molecule has 3 aromatic carbocycles. The standard InChI is InChI=1S/C35H33N5O4/c1-3-4-5-9-16-31(38-44-35(42)27-13-7-6-8-14-27)30-24-40(33-18-11-10-15-29(30)33)28-21-19-26(20-22-28)34(39-43-25(2)41)32-17-12-23-36-37-32/h6-8,10-15,17-24H,3-5,9,16H2,1-2H3/b38-31+,39-34-. The van der Waals surface area contributed by atoms with E-state index in [9.17, 15) is 9.59 Å². The molecule has 44 heavy (non-hydrogen) atoms. The molecular weight excluding hydrogens is 554 g/mol. The minimum absolute atomic E-state index is 0.389. The van der Waals surface area contributed by atoms with Crippen molar-refractivity contribution in [3.05, 3.63) is 126 Å². The van der Waals surface area contributed by atoms with Crippen molar-refractivity contribution in [2.75, 3.05) is 0 Å². The summed E-state index contributed by atoms with van der Waals surface area (Å²) in [6, 6.07) is 28.1. The van der Waals surface area contributed by atoms with Crippen molar-refractivity contribution in [3.63, 3.8) is 0 Å². The molecule has 0 unspecified atom stereocenters. The maximum Gasteiger partial charge on any atom is 0.365 e. The summed E-state index contributed by atoms with van der Waals surface area (Å²) in [6.07, 6.45) is 8.50. The first-order valence-electron chi connectivity index (χ1n) is 14.6. The third-order valence-corrected chi connectivity index (χ3v) is 7.04. The van der Waals surface area contributed by atoms with Crippen LogP contribution in [0, 0.1) is 0 Å². The predicted octanol–water partition coefficient (Wildman–Crippen LogP) is 7.27. The summed E-state index contributed by atoms with van der Waals surface area (Å²) in [7, 11) is 0. The van der Waals surface area contributed by atoms with Gasteiger partial charge in [-0.3, -0.25) is 0 Å². The summed E-state index contributed by atoms with van der Waals surface area (Å²) in [5.74, 6) is -1.03. The van der Waals surface area contributed by atoms with Crippen molar-refractivity contribution >= 4 is 34.3 Å². The number of para-hydroxylation sites is 1. The minimum atomic E-state index is -0.532. The fraction of sp³-hybridized carbons (Fsp3) is 0.200. The van der Waals surface area contributed by atoms with E-state index in [4.69, 9.17) is 9.68 Å². The zero-order valence-electron chi connectivity index (χ0n) is 24.7. The monoisotopic (exact) mass is 587 g/mol. The van der Waals surface area contributed by atoms with Gasteiger partial charge in [0, 0.05) is 41.5 Å². The van der Waals surface area contributed by atoms with E-state index in [-0.39, 0.29) is 0 Å². The van der Waals surface area contributed by atoms with Gasteiger partial charge >= 0.3 is 11.9 Å². The maximum atomic E-state index is 12.7. The summed E-state index contributed by atoms with van der Waals surface area (Å²) in [4.78, 5) is 34.6. The zero-order valence-corrected chi connectivity index (χ0v) is 24.7. The number of unbranched alkanes of at least 4 members (excludes halogenated alkanes) is 3. The van der Waals surface area contributed by atoms with Gasteiger partial charge in [-0.1, -0.05) is 85.0 Å². The smallest absolute Gasteiger partial charge is 0.318 e. The van der Waals surface area contributed by atoms with Crippen molar-refractivity contribution in [1.29, 1.82) is 0 Å². The molecule has 0 radical (unpaired) electrons. The second-order valence-corrected chi connectivity index (χ2v) is 10.2. The SMILES string of the molecule is CCCCCC/C(=N\OC(=O)c1ccccc1)c1cn(-c2ccc(/C(=N/OC(C)=O)c3cccnn3)cc2)c2ccccc12. The molecule has 0 spiro atoms. The number of hydrogen-bond acceptors (Lipinski definition) is 8. The van der Waals surface area contributed by atoms with Crippen molar-refractivity contribution in [2.24, 2.45) is 10.3 Å². The van der Waals surface area contributed by atoms with Crippen LogP contribution in [0.2, 0.25) is 0 Å². The first-order valence-corrected chi connectivity index (χ1v) is 14.6. The molecule has 9 heteroatoms. The molecule has 0 aliphatic carbocycles. The highest BCUT2D eigenvalue weighted by Gasteiger charge is 2.17. The third kappa shape index (κ3) is 7.30. The summed E-state index contributed by atoms with van der Waals surface area (Å²) >= 11 is 0. The van der Waals surface area contributed by atoms with E-state index in [0.29, 0.717) is 29.0 Å². The molecular formula is C35H33N5O4. The Morgan fingerprint density at radius 3 is 2.30 bits per heavy atom. The number of oxime groups is 2. The molecule has 2 heterocycles. The quantitative estimate of drug-likeness (QED) is 0.0658. The molecule has 0 atom stereocenters. The Morgan fingerprint density at radius 1 is 0.795 bits per heavy atom. The second-order valence-electron chi connectivity index (χ2n) is 10.2. The van der Waals surface area contributed by atoms with Gasteiger partial charge in [-0.2, -0.15) is 5.10 Å². The maximum absolute atomic E-state index is 12.7. The molecule has 0 amide bonds. The number of benzene rings is 3. The fourth-order valence-electron chi connectivity index (χ4n) is 4.86. The number of carbonyl (C=O) groups excluding carboxylic acids is 2. The van der Waals surface area contributed by atoms with E-state index in [1.54, 1.807) is 42.6 Å². The lowest BCUT2D eigenvalue weighted by Crippen LogP contribution is -2.09. The van der Waals surface area contributed by atoms with Gasteiger partial charge in [0.25, 0.3) is 0 Å². The second kappa shape index (κ2) is 14.6. The van der Waals surface area contributed by atoms with Crippen LogP contribution in [0.1, 0.15) is 73.1 Å². The van der Waals surface area contributed by atoms with Crippen LogP contribution in [0.4, 0.5) is 0 Å². The Hall–Kier alpha value is -5.44. The van der Waals surface area contributed by atoms with Crippen molar-refractivity contribution in [1.82, 2.24) is 14.8 Å². The van der Waals surface area contributed by atoms with Gasteiger partial charge in [-0.25, -0.2) is 9.59 Å². The first kappa shape index (κ1) is 30.0. The van der Waals surface area contributed by atoms with Crippen LogP contribution in [0.3, 0.4) is 0 Å². The highest BCUT2D eigenvalue weighted by atomic mass is 16.7. The first-order chi connectivity index (χ1) is 21.5. The number of nitrogens with zero attached hydrogens (tertiary/aromatic N) is 5. The van der Waals surface area contributed by atoms with E-state index in [2.05, 4.69) is 32.0 Å². The number of carbonyl (C=O) groups is 2. The minimum Gasteiger partial charge on any atom is -0.318 e. The van der Waals surface area contributed by atoms with Crippen LogP contribution in [-0.2, 0) is 14.5 Å². The molecule has 0 saturated heterocycles. The Kier molecular flexibility index (Phi) is 9.99. The number of hydrogen-bond donors (Lipinski definition) is 0. The summed E-state index contributed by atoms with van der Waals surface area (Å²) < 4.78 is 2.08. The Morgan fingerprint density at radius 2 is 1.57 bits per heavy atom. The molecule has 5 aromatic rings. The molecule has 0 bridgehead atoms. The average molecular weight is 588 g/mol. The molecule has 222 valence electrons. The van der Waals surface area contributed by atoms with Crippen molar-refractivity contribution in [2.45, 2.75) is 46.0 Å². The average Bonchev–Trinajstić information content (AvgIpc) is 3.45. The van der Waals surface area contributed by atoms with Crippen LogP contribution in [0.5, 0.6) is 0 Å². The van der Waals surface area contributed by atoms with Gasteiger partial charge in [0.2, 0.25) is 0 Å². The van der Waals surface area contributed by atoms with E-state index in [1.807, 2.05) is 60.8 Å².